The Bertz CT molecular complexity index is 920. The van der Waals surface area contributed by atoms with Crippen LogP contribution in [0.15, 0.2) is 42.6 Å². The van der Waals surface area contributed by atoms with E-state index in [1.165, 1.54) is 37.7 Å². The number of aryl methyl sites for hydroxylation is 1. The van der Waals surface area contributed by atoms with Crippen LogP contribution in [0.1, 0.15) is 96.5 Å². The lowest BCUT2D eigenvalue weighted by atomic mass is 9.69. The molecule has 1 aliphatic carbocycles. The molecule has 0 N–H and O–H groups in total. The standard InChI is InChI=1S/C30H40N2O2/c1-3-5-6-7-8-9-19-30(23-31)20-17-26(18-21-30)29(33)34-27-14-12-25(13-15-27)28-16-11-24(10-4-2)22-32-28/h11-16,22,26H,3-10,17-21H2,1-2H3/t26-,30-. The minimum Gasteiger partial charge on any atom is -0.426 e. The van der Waals surface area contributed by atoms with Crippen LogP contribution >= 0.6 is 0 Å². The van der Waals surface area contributed by atoms with Crippen molar-refractivity contribution >= 4 is 5.97 Å². The number of aromatic nitrogens is 1. The molecule has 1 saturated carbocycles. The molecule has 34 heavy (non-hydrogen) atoms. The predicted octanol–water partition coefficient (Wildman–Crippen LogP) is 8.06. The van der Waals surface area contributed by atoms with E-state index in [9.17, 15) is 10.1 Å². The fourth-order valence-electron chi connectivity index (χ4n) is 4.99. The van der Waals surface area contributed by atoms with Gasteiger partial charge in [0.15, 0.2) is 0 Å². The van der Waals surface area contributed by atoms with E-state index >= 15 is 0 Å². The Labute approximate surface area is 205 Å². The van der Waals surface area contributed by atoms with Gasteiger partial charge in [0, 0.05) is 11.8 Å². The van der Waals surface area contributed by atoms with Crippen molar-refractivity contribution in [3.8, 4) is 23.1 Å². The number of benzene rings is 1. The molecule has 4 nitrogen and oxygen atoms in total. The lowest BCUT2D eigenvalue weighted by molar-refractivity contribution is -0.140. The molecule has 1 fully saturated rings. The van der Waals surface area contributed by atoms with Crippen LogP contribution in [0.5, 0.6) is 5.75 Å². The Kier molecular flexibility index (Phi) is 10.1. The average molecular weight is 461 g/mol. The summed E-state index contributed by atoms with van der Waals surface area (Å²) >= 11 is 0. The van der Waals surface area contributed by atoms with Gasteiger partial charge >= 0.3 is 5.97 Å². The van der Waals surface area contributed by atoms with E-state index in [2.05, 4.69) is 31.0 Å². The van der Waals surface area contributed by atoms with Gasteiger partial charge in [-0.1, -0.05) is 64.9 Å². The molecule has 1 aliphatic rings. The van der Waals surface area contributed by atoms with Gasteiger partial charge in [-0.05, 0) is 74.4 Å². The molecule has 0 saturated heterocycles. The van der Waals surface area contributed by atoms with Gasteiger partial charge < -0.3 is 4.74 Å². The van der Waals surface area contributed by atoms with Crippen LogP contribution in [0.2, 0.25) is 0 Å². The zero-order chi connectivity index (χ0) is 24.2. The van der Waals surface area contributed by atoms with Crippen molar-refractivity contribution in [3.63, 3.8) is 0 Å². The third-order valence-corrected chi connectivity index (χ3v) is 7.25. The molecular formula is C30H40N2O2. The number of hydrogen-bond acceptors (Lipinski definition) is 4. The van der Waals surface area contributed by atoms with Crippen LogP contribution in [0.3, 0.4) is 0 Å². The van der Waals surface area contributed by atoms with Crippen molar-refractivity contribution < 1.29 is 9.53 Å². The molecule has 0 unspecified atom stereocenters. The van der Waals surface area contributed by atoms with E-state index < -0.39 is 0 Å². The molecule has 1 aromatic carbocycles. The first-order valence-electron chi connectivity index (χ1n) is 13.3. The maximum atomic E-state index is 12.8. The van der Waals surface area contributed by atoms with Crippen LogP contribution in [-0.4, -0.2) is 11.0 Å². The summed E-state index contributed by atoms with van der Waals surface area (Å²) in [5.74, 6) is 0.292. The Morgan fingerprint density at radius 1 is 1.00 bits per heavy atom. The highest BCUT2D eigenvalue weighted by atomic mass is 16.5. The molecule has 3 rings (SSSR count). The Hall–Kier alpha value is -2.67. The SMILES string of the molecule is CCCCCCCC[C@]1(C#N)CC[C@H](C(=O)Oc2ccc(-c3ccc(CCC)cn3)cc2)CC1. The summed E-state index contributed by atoms with van der Waals surface area (Å²) in [4.78, 5) is 17.3. The van der Waals surface area contributed by atoms with Gasteiger partial charge in [0.25, 0.3) is 0 Å². The Morgan fingerprint density at radius 3 is 2.32 bits per heavy atom. The lowest BCUT2D eigenvalue weighted by Gasteiger charge is -2.34. The van der Waals surface area contributed by atoms with Crippen LogP contribution in [0.4, 0.5) is 0 Å². The molecule has 0 bridgehead atoms. The van der Waals surface area contributed by atoms with E-state index in [0.717, 1.165) is 62.6 Å². The van der Waals surface area contributed by atoms with Crippen molar-refractivity contribution in [3.05, 3.63) is 48.2 Å². The highest BCUT2D eigenvalue weighted by Gasteiger charge is 2.37. The zero-order valence-corrected chi connectivity index (χ0v) is 21.0. The van der Waals surface area contributed by atoms with Gasteiger partial charge in [-0.3, -0.25) is 9.78 Å². The molecule has 1 heterocycles. The minimum absolute atomic E-state index is 0.113. The second kappa shape index (κ2) is 13.3. The number of esters is 1. The molecule has 0 spiro atoms. The molecule has 4 heteroatoms. The van der Waals surface area contributed by atoms with Crippen LogP contribution in [0.25, 0.3) is 11.3 Å². The zero-order valence-electron chi connectivity index (χ0n) is 21.0. The maximum Gasteiger partial charge on any atom is 0.314 e. The fourth-order valence-corrected chi connectivity index (χ4v) is 4.99. The number of pyridine rings is 1. The third kappa shape index (κ3) is 7.42. The van der Waals surface area contributed by atoms with E-state index in [1.54, 1.807) is 0 Å². The van der Waals surface area contributed by atoms with Gasteiger partial charge in [-0.15, -0.1) is 0 Å². The largest absolute Gasteiger partial charge is 0.426 e. The third-order valence-electron chi connectivity index (χ3n) is 7.25. The maximum absolute atomic E-state index is 12.8. The van der Waals surface area contributed by atoms with Crippen molar-refractivity contribution in [1.29, 1.82) is 5.26 Å². The van der Waals surface area contributed by atoms with Gasteiger partial charge in [0.1, 0.15) is 5.75 Å². The van der Waals surface area contributed by atoms with Crippen molar-refractivity contribution in [2.75, 3.05) is 0 Å². The summed E-state index contributed by atoms with van der Waals surface area (Å²) in [5, 5.41) is 9.83. The summed E-state index contributed by atoms with van der Waals surface area (Å²) in [6.07, 6.45) is 15.6. The summed E-state index contributed by atoms with van der Waals surface area (Å²) < 4.78 is 5.69. The van der Waals surface area contributed by atoms with E-state index in [0.29, 0.717) is 5.75 Å². The quantitative estimate of drug-likeness (QED) is 0.182. The van der Waals surface area contributed by atoms with E-state index in [-0.39, 0.29) is 17.3 Å². The van der Waals surface area contributed by atoms with Gasteiger partial charge in [-0.25, -0.2) is 0 Å². The second-order valence-electron chi connectivity index (χ2n) is 9.93. The molecule has 1 aromatic heterocycles. The number of unbranched alkanes of at least 4 members (excludes halogenated alkanes) is 5. The molecule has 0 aliphatic heterocycles. The van der Waals surface area contributed by atoms with E-state index in [1.807, 2.05) is 36.5 Å². The highest BCUT2D eigenvalue weighted by molar-refractivity contribution is 5.75. The number of carbonyl (C=O) groups is 1. The van der Waals surface area contributed by atoms with Crippen molar-refractivity contribution in [2.24, 2.45) is 11.3 Å². The number of nitriles is 1. The number of nitrogens with zero attached hydrogens (tertiary/aromatic N) is 2. The van der Waals surface area contributed by atoms with Crippen molar-refractivity contribution in [1.82, 2.24) is 4.98 Å². The average Bonchev–Trinajstić information content (AvgIpc) is 2.87. The monoisotopic (exact) mass is 460 g/mol. The van der Waals surface area contributed by atoms with Crippen LogP contribution in [-0.2, 0) is 11.2 Å². The number of hydrogen-bond donors (Lipinski definition) is 0. The highest BCUT2D eigenvalue weighted by Crippen LogP contribution is 2.42. The molecule has 0 amide bonds. The minimum atomic E-state index is -0.247. The summed E-state index contributed by atoms with van der Waals surface area (Å²) in [7, 11) is 0. The fraction of sp³-hybridized carbons (Fsp3) is 0.567. The normalized spacial score (nSPS) is 20.0. The second-order valence-corrected chi connectivity index (χ2v) is 9.93. The predicted molar refractivity (Wildman–Crippen MR) is 137 cm³/mol. The molecule has 0 atom stereocenters. The van der Waals surface area contributed by atoms with Crippen LogP contribution < -0.4 is 4.74 Å². The number of rotatable bonds is 12. The number of carbonyl (C=O) groups excluding carboxylic acids is 1. The van der Waals surface area contributed by atoms with E-state index in [4.69, 9.17) is 4.74 Å². The Balaban J connectivity index is 1.46. The smallest absolute Gasteiger partial charge is 0.314 e. The molecular weight excluding hydrogens is 420 g/mol. The van der Waals surface area contributed by atoms with Crippen LogP contribution in [0, 0.1) is 22.7 Å². The lowest BCUT2D eigenvalue weighted by Crippen LogP contribution is -2.31. The molecule has 182 valence electrons. The molecule has 0 radical (unpaired) electrons. The summed E-state index contributed by atoms with van der Waals surface area (Å²) in [6.45, 7) is 4.39. The first kappa shape index (κ1) is 25.9. The van der Waals surface area contributed by atoms with Crippen molar-refractivity contribution in [2.45, 2.75) is 97.3 Å². The Morgan fingerprint density at radius 2 is 1.71 bits per heavy atom. The van der Waals surface area contributed by atoms with Gasteiger partial charge in [0.05, 0.1) is 23.1 Å². The topological polar surface area (TPSA) is 63.0 Å². The summed E-state index contributed by atoms with van der Waals surface area (Å²) in [5.41, 5.74) is 2.93. The van der Waals surface area contributed by atoms with Gasteiger partial charge in [0.2, 0.25) is 0 Å². The number of ether oxygens (including phenoxy) is 1. The molecule has 2 aromatic rings. The van der Waals surface area contributed by atoms with Gasteiger partial charge in [-0.2, -0.15) is 5.26 Å². The summed E-state index contributed by atoms with van der Waals surface area (Å²) in [6, 6.07) is 14.4. The first-order valence-corrected chi connectivity index (χ1v) is 13.3. The first-order chi connectivity index (χ1) is 16.6.